The summed E-state index contributed by atoms with van der Waals surface area (Å²) in [6, 6.07) is 13.9. The van der Waals surface area contributed by atoms with Crippen LogP contribution in [0.1, 0.15) is 24.1 Å². The monoisotopic (exact) mass is 330 g/mol. The van der Waals surface area contributed by atoms with Crippen LogP contribution in [0, 0.1) is 0 Å². The number of hydrogen-bond donors (Lipinski definition) is 3. The van der Waals surface area contributed by atoms with E-state index in [1.807, 2.05) is 36.4 Å². The van der Waals surface area contributed by atoms with E-state index in [0.29, 0.717) is 0 Å². The van der Waals surface area contributed by atoms with Gasteiger partial charge in [0.05, 0.1) is 20.8 Å². The van der Waals surface area contributed by atoms with Gasteiger partial charge < -0.3 is 25.2 Å². The van der Waals surface area contributed by atoms with Crippen molar-refractivity contribution in [2.24, 2.45) is 0 Å². The first kappa shape index (κ1) is 18.1. The molecule has 0 aromatic heterocycles. The third kappa shape index (κ3) is 5.15. The Morgan fingerprint density at radius 3 is 2.33 bits per heavy atom. The molecule has 2 rings (SSSR count). The Kier molecular flexibility index (Phi) is 6.90. The molecule has 5 heteroatoms. The van der Waals surface area contributed by atoms with Gasteiger partial charge in [-0.15, -0.1) is 0 Å². The zero-order valence-corrected chi connectivity index (χ0v) is 14.5. The molecule has 0 heterocycles. The zero-order valence-electron chi connectivity index (χ0n) is 14.5. The van der Waals surface area contributed by atoms with Gasteiger partial charge >= 0.3 is 0 Å². The number of anilines is 1. The molecule has 1 atom stereocenters. The van der Waals surface area contributed by atoms with Crippen molar-refractivity contribution in [3.63, 3.8) is 0 Å². The Bertz CT molecular complexity index is 624. The summed E-state index contributed by atoms with van der Waals surface area (Å²) < 4.78 is 10.5. The van der Waals surface area contributed by atoms with Crippen LogP contribution in [0.4, 0.5) is 5.69 Å². The summed E-state index contributed by atoms with van der Waals surface area (Å²) in [7, 11) is 3.28. The smallest absolute Gasteiger partial charge is 0.124 e. The molecule has 0 spiro atoms. The minimum Gasteiger partial charge on any atom is -0.497 e. The molecule has 0 saturated heterocycles. The van der Waals surface area contributed by atoms with Crippen LogP contribution in [0.15, 0.2) is 42.5 Å². The lowest BCUT2D eigenvalue weighted by Gasteiger charge is -2.16. The third-order valence-electron chi connectivity index (χ3n) is 3.89. The molecule has 0 aliphatic carbocycles. The Labute approximate surface area is 143 Å². The van der Waals surface area contributed by atoms with E-state index in [4.69, 9.17) is 9.47 Å². The molecule has 0 aliphatic rings. The van der Waals surface area contributed by atoms with Crippen LogP contribution < -0.4 is 20.1 Å². The topological polar surface area (TPSA) is 62.8 Å². The van der Waals surface area contributed by atoms with Crippen LogP contribution in [0.25, 0.3) is 0 Å². The third-order valence-corrected chi connectivity index (χ3v) is 3.89. The molecule has 2 aromatic carbocycles. The summed E-state index contributed by atoms with van der Waals surface area (Å²) in [5.74, 6) is 1.53. The number of benzene rings is 2. The van der Waals surface area contributed by atoms with Gasteiger partial charge in [-0.25, -0.2) is 0 Å². The van der Waals surface area contributed by atoms with Crippen molar-refractivity contribution in [1.82, 2.24) is 5.32 Å². The number of ether oxygens (including phenoxy) is 2. The zero-order chi connectivity index (χ0) is 17.4. The van der Waals surface area contributed by atoms with Gasteiger partial charge in [-0.05, 0) is 18.1 Å². The van der Waals surface area contributed by atoms with Crippen molar-refractivity contribution >= 4 is 5.69 Å². The fourth-order valence-corrected chi connectivity index (χ4v) is 2.48. The largest absolute Gasteiger partial charge is 0.497 e. The van der Waals surface area contributed by atoms with Crippen LogP contribution in [-0.2, 0) is 6.61 Å². The highest BCUT2D eigenvalue weighted by molar-refractivity contribution is 5.53. The molecule has 0 radical (unpaired) electrons. The molecule has 0 bridgehead atoms. The van der Waals surface area contributed by atoms with Crippen molar-refractivity contribution < 1.29 is 14.6 Å². The van der Waals surface area contributed by atoms with Crippen molar-refractivity contribution in [2.75, 3.05) is 32.6 Å². The van der Waals surface area contributed by atoms with Crippen LogP contribution in [-0.4, -0.2) is 32.4 Å². The second-order valence-electron chi connectivity index (χ2n) is 5.61. The first-order valence-corrected chi connectivity index (χ1v) is 8.06. The van der Waals surface area contributed by atoms with Crippen LogP contribution in [0.5, 0.6) is 11.5 Å². The fraction of sp³-hybridized carbons (Fsp3) is 0.368. The van der Waals surface area contributed by atoms with E-state index in [1.54, 1.807) is 14.2 Å². The SMILES string of the molecule is COc1cc(NCCNC(C)c2cccc(CO)c2)cc(OC)c1. The Hall–Kier alpha value is -2.24. The maximum Gasteiger partial charge on any atom is 0.124 e. The van der Waals surface area contributed by atoms with Gasteiger partial charge in [-0.1, -0.05) is 24.3 Å². The summed E-state index contributed by atoms with van der Waals surface area (Å²) in [6.45, 7) is 3.77. The average Bonchev–Trinajstić information content (AvgIpc) is 2.64. The molecule has 5 nitrogen and oxygen atoms in total. The lowest BCUT2D eigenvalue weighted by molar-refractivity contribution is 0.281. The van der Waals surface area contributed by atoms with Gasteiger partial charge in [0.2, 0.25) is 0 Å². The number of nitrogens with one attached hydrogen (secondary N) is 2. The molecule has 0 amide bonds. The van der Waals surface area contributed by atoms with E-state index in [-0.39, 0.29) is 12.6 Å². The molecular weight excluding hydrogens is 304 g/mol. The molecule has 24 heavy (non-hydrogen) atoms. The van der Waals surface area contributed by atoms with E-state index in [1.165, 1.54) is 5.56 Å². The Morgan fingerprint density at radius 1 is 1.00 bits per heavy atom. The predicted molar refractivity (Wildman–Crippen MR) is 96.8 cm³/mol. The Morgan fingerprint density at radius 2 is 1.71 bits per heavy atom. The highest BCUT2D eigenvalue weighted by Gasteiger charge is 2.05. The van der Waals surface area contributed by atoms with Crippen molar-refractivity contribution in [3.8, 4) is 11.5 Å². The van der Waals surface area contributed by atoms with Gasteiger partial charge in [0.25, 0.3) is 0 Å². The van der Waals surface area contributed by atoms with Crippen molar-refractivity contribution in [2.45, 2.75) is 19.6 Å². The molecule has 0 saturated carbocycles. The number of rotatable bonds is 9. The highest BCUT2D eigenvalue weighted by atomic mass is 16.5. The Balaban J connectivity index is 1.84. The first-order valence-electron chi connectivity index (χ1n) is 8.06. The summed E-state index contributed by atoms with van der Waals surface area (Å²) in [6.07, 6.45) is 0. The van der Waals surface area contributed by atoms with Crippen molar-refractivity contribution in [3.05, 3.63) is 53.6 Å². The second kappa shape index (κ2) is 9.15. The number of aliphatic hydroxyl groups is 1. The molecular formula is C19H26N2O3. The summed E-state index contributed by atoms with van der Waals surface area (Å²) in [4.78, 5) is 0. The molecule has 0 aliphatic heterocycles. The van der Waals surface area contributed by atoms with E-state index >= 15 is 0 Å². The maximum atomic E-state index is 9.22. The average molecular weight is 330 g/mol. The minimum absolute atomic E-state index is 0.0692. The summed E-state index contributed by atoms with van der Waals surface area (Å²) >= 11 is 0. The first-order chi connectivity index (χ1) is 11.7. The number of methoxy groups -OCH3 is 2. The fourth-order valence-electron chi connectivity index (χ4n) is 2.48. The second-order valence-corrected chi connectivity index (χ2v) is 5.61. The highest BCUT2D eigenvalue weighted by Crippen LogP contribution is 2.25. The van der Waals surface area contributed by atoms with Crippen LogP contribution >= 0.6 is 0 Å². The summed E-state index contributed by atoms with van der Waals surface area (Å²) in [5, 5.41) is 16.1. The maximum absolute atomic E-state index is 9.22. The van der Waals surface area contributed by atoms with Crippen LogP contribution in [0.2, 0.25) is 0 Å². The quantitative estimate of drug-likeness (QED) is 0.617. The van der Waals surface area contributed by atoms with E-state index in [0.717, 1.165) is 35.8 Å². The van der Waals surface area contributed by atoms with Gasteiger partial charge in [0.1, 0.15) is 11.5 Å². The van der Waals surface area contributed by atoms with Gasteiger partial charge in [-0.3, -0.25) is 0 Å². The normalized spacial score (nSPS) is 11.8. The molecule has 1 unspecified atom stereocenters. The number of aliphatic hydroxyl groups excluding tert-OH is 1. The minimum atomic E-state index is 0.0692. The van der Waals surface area contributed by atoms with Crippen molar-refractivity contribution in [1.29, 1.82) is 0 Å². The lowest BCUT2D eigenvalue weighted by atomic mass is 10.1. The standard InChI is InChI=1S/C19H26N2O3/c1-14(16-6-4-5-15(9-16)13-22)20-7-8-21-17-10-18(23-2)12-19(11-17)24-3/h4-6,9-12,14,20-22H,7-8,13H2,1-3H3. The summed E-state index contributed by atoms with van der Waals surface area (Å²) in [5.41, 5.74) is 3.07. The number of hydrogen-bond acceptors (Lipinski definition) is 5. The van der Waals surface area contributed by atoms with E-state index < -0.39 is 0 Å². The van der Waals surface area contributed by atoms with Gasteiger partial charge in [0.15, 0.2) is 0 Å². The molecule has 0 fully saturated rings. The van der Waals surface area contributed by atoms with Crippen LogP contribution in [0.3, 0.4) is 0 Å². The molecule has 130 valence electrons. The predicted octanol–water partition coefficient (Wildman–Crippen LogP) is 2.96. The van der Waals surface area contributed by atoms with Gasteiger partial charge in [0, 0.05) is 43.0 Å². The van der Waals surface area contributed by atoms with Gasteiger partial charge in [-0.2, -0.15) is 0 Å². The van der Waals surface area contributed by atoms with E-state index in [9.17, 15) is 5.11 Å². The lowest BCUT2D eigenvalue weighted by Crippen LogP contribution is -2.25. The molecule has 3 N–H and O–H groups in total. The van der Waals surface area contributed by atoms with E-state index in [2.05, 4.69) is 23.6 Å². The molecule has 2 aromatic rings.